The molecule has 1 heterocycles. The summed E-state index contributed by atoms with van der Waals surface area (Å²) in [6.07, 6.45) is 1.02. The Morgan fingerprint density at radius 3 is 2.59 bits per heavy atom. The number of rotatable bonds is 1. The highest BCUT2D eigenvalue weighted by molar-refractivity contribution is 6.06. The fourth-order valence-corrected chi connectivity index (χ4v) is 2.19. The molecule has 2 N–H and O–H groups in total. The molecule has 0 aliphatic carbocycles. The molecule has 0 aliphatic rings. The first kappa shape index (κ1) is 10.1. The van der Waals surface area contributed by atoms with Crippen molar-refractivity contribution in [2.24, 2.45) is 0 Å². The van der Waals surface area contributed by atoms with Crippen LogP contribution in [0.25, 0.3) is 21.8 Å². The lowest BCUT2D eigenvalue weighted by Crippen LogP contribution is -1.93. The van der Waals surface area contributed by atoms with Crippen LogP contribution in [0.1, 0.15) is 12.5 Å². The van der Waals surface area contributed by atoms with Gasteiger partial charge in [0, 0.05) is 10.8 Å². The van der Waals surface area contributed by atoms with E-state index in [4.69, 9.17) is 5.73 Å². The van der Waals surface area contributed by atoms with Gasteiger partial charge in [-0.1, -0.05) is 31.2 Å². The van der Waals surface area contributed by atoms with Gasteiger partial charge in [0.25, 0.3) is 0 Å². The predicted molar refractivity (Wildman–Crippen MR) is 73.0 cm³/mol. The molecule has 0 unspecified atom stereocenters. The molecule has 0 aliphatic heterocycles. The normalized spacial score (nSPS) is 11.1. The van der Waals surface area contributed by atoms with Crippen LogP contribution in [0.15, 0.2) is 42.5 Å². The van der Waals surface area contributed by atoms with Crippen molar-refractivity contribution in [3.8, 4) is 0 Å². The average molecular weight is 222 g/mol. The second-order valence-electron chi connectivity index (χ2n) is 4.25. The molecule has 2 nitrogen and oxygen atoms in total. The van der Waals surface area contributed by atoms with E-state index in [1.54, 1.807) is 0 Å². The largest absolute Gasteiger partial charge is 0.398 e. The number of nitrogens with two attached hydrogens (primary N) is 1. The Morgan fingerprint density at radius 1 is 1.00 bits per heavy atom. The first-order chi connectivity index (χ1) is 8.29. The minimum absolute atomic E-state index is 0.834. The van der Waals surface area contributed by atoms with Crippen molar-refractivity contribution < 1.29 is 0 Å². The fourth-order valence-electron chi connectivity index (χ4n) is 2.19. The Kier molecular flexibility index (Phi) is 2.22. The van der Waals surface area contributed by atoms with Crippen LogP contribution < -0.4 is 5.73 Å². The number of benzene rings is 2. The van der Waals surface area contributed by atoms with Crippen molar-refractivity contribution in [1.29, 1.82) is 0 Å². The standard InChI is InChI=1S/C15H14N2/c1-2-10-7-8-14-12(9-10)15(16)11-5-3-4-6-13(11)17-14/h3-9H,2H2,1H3,(H2,16,17). The predicted octanol–water partition coefficient (Wildman–Crippen LogP) is 3.53. The monoisotopic (exact) mass is 222 g/mol. The van der Waals surface area contributed by atoms with Gasteiger partial charge in [0.15, 0.2) is 0 Å². The van der Waals surface area contributed by atoms with Crippen LogP contribution in [0.4, 0.5) is 5.69 Å². The summed E-state index contributed by atoms with van der Waals surface area (Å²) in [7, 11) is 0. The number of hydrogen-bond donors (Lipinski definition) is 1. The topological polar surface area (TPSA) is 38.9 Å². The molecule has 0 saturated heterocycles. The number of para-hydroxylation sites is 1. The van der Waals surface area contributed by atoms with Crippen molar-refractivity contribution >= 4 is 27.5 Å². The number of aromatic nitrogens is 1. The van der Waals surface area contributed by atoms with Gasteiger partial charge in [-0.2, -0.15) is 0 Å². The van der Waals surface area contributed by atoms with Crippen LogP contribution in [0.2, 0.25) is 0 Å². The summed E-state index contributed by atoms with van der Waals surface area (Å²) in [5, 5.41) is 2.09. The van der Waals surface area contributed by atoms with Gasteiger partial charge >= 0.3 is 0 Å². The van der Waals surface area contributed by atoms with Crippen molar-refractivity contribution in [2.45, 2.75) is 13.3 Å². The van der Waals surface area contributed by atoms with Gasteiger partial charge in [0.1, 0.15) is 0 Å². The van der Waals surface area contributed by atoms with E-state index in [1.807, 2.05) is 24.3 Å². The first-order valence-electron chi connectivity index (χ1n) is 5.86. The van der Waals surface area contributed by atoms with E-state index in [0.717, 1.165) is 33.9 Å². The molecular formula is C15H14N2. The Morgan fingerprint density at radius 2 is 1.76 bits per heavy atom. The third-order valence-electron chi connectivity index (χ3n) is 3.19. The molecule has 0 atom stereocenters. The maximum absolute atomic E-state index is 6.24. The van der Waals surface area contributed by atoms with Crippen LogP contribution in [0.3, 0.4) is 0 Å². The molecule has 17 heavy (non-hydrogen) atoms. The van der Waals surface area contributed by atoms with Gasteiger partial charge in [0.05, 0.1) is 16.7 Å². The van der Waals surface area contributed by atoms with E-state index in [2.05, 4.69) is 30.1 Å². The van der Waals surface area contributed by atoms with Crippen LogP contribution in [-0.4, -0.2) is 4.98 Å². The minimum atomic E-state index is 0.834. The Labute approximate surface area is 100 Å². The van der Waals surface area contributed by atoms with Gasteiger partial charge < -0.3 is 5.73 Å². The maximum Gasteiger partial charge on any atom is 0.0730 e. The van der Waals surface area contributed by atoms with Gasteiger partial charge in [-0.25, -0.2) is 4.98 Å². The van der Waals surface area contributed by atoms with Gasteiger partial charge in [-0.05, 0) is 30.2 Å². The molecule has 2 heteroatoms. The van der Waals surface area contributed by atoms with Crippen molar-refractivity contribution in [3.05, 3.63) is 48.0 Å². The summed E-state index contributed by atoms with van der Waals surface area (Å²) in [4.78, 5) is 4.63. The molecule has 3 rings (SSSR count). The molecule has 0 amide bonds. The summed E-state index contributed by atoms with van der Waals surface area (Å²) in [5.74, 6) is 0. The van der Waals surface area contributed by atoms with Crippen molar-refractivity contribution in [1.82, 2.24) is 4.98 Å². The quantitative estimate of drug-likeness (QED) is 0.640. The molecule has 0 bridgehead atoms. The zero-order chi connectivity index (χ0) is 11.8. The van der Waals surface area contributed by atoms with Crippen LogP contribution in [-0.2, 0) is 6.42 Å². The number of aryl methyl sites for hydroxylation is 1. The van der Waals surface area contributed by atoms with Gasteiger partial charge in [-0.3, -0.25) is 0 Å². The molecule has 2 aromatic carbocycles. The van der Waals surface area contributed by atoms with Gasteiger partial charge in [0.2, 0.25) is 0 Å². The summed E-state index contributed by atoms with van der Waals surface area (Å²) < 4.78 is 0. The Hall–Kier alpha value is -2.09. The smallest absolute Gasteiger partial charge is 0.0730 e. The fraction of sp³-hybridized carbons (Fsp3) is 0.133. The van der Waals surface area contributed by atoms with E-state index in [0.29, 0.717) is 0 Å². The van der Waals surface area contributed by atoms with Crippen LogP contribution >= 0.6 is 0 Å². The Balaban J connectivity index is 2.46. The number of hydrogen-bond acceptors (Lipinski definition) is 2. The van der Waals surface area contributed by atoms with E-state index in [1.165, 1.54) is 5.56 Å². The lowest BCUT2D eigenvalue weighted by molar-refractivity contribution is 1.15. The van der Waals surface area contributed by atoms with Crippen LogP contribution in [0, 0.1) is 0 Å². The molecule has 0 spiro atoms. The first-order valence-corrected chi connectivity index (χ1v) is 5.86. The SMILES string of the molecule is CCc1ccc2nc3ccccc3c(N)c2c1. The summed E-state index contributed by atoms with van der Waals surface area (Å²) in [6.45, 7) is 2.14. The molecule has 0 radical (unpaired) electrons. The molecular weight excluding hydrogens is 208 g/mol. The third kappa shape index (κ3) is 1.53. The number of nitrogens with zero attached hydrogens (tertiary/aromatic N) is 1. The maximum atomic E-state index is 6.24. The second-order valence-corrected chi connectivity index (χ2v) is 4.25. The number of nitrogen functional groups attached to an aromatic ring is 1. The van der Waals surface area contributed by atoms with Crippen molar-refractivity contribution in [3.63, 3.8) is 0 Å². The Bertz CT molecular complexity index is 702. The molecule has 84 valence electrons. The van der Waals surface area contributed by atoms with E-state index < -0.39 is 0 Å². The minimum Gasteiger partial charge on any atom is -0.398 e. The lowest BCUT2D eigenvalue weighted by Gasteiger charge is -2.07. The van der Waals surface area contributed by atoms with Gasteiger partial charge in [-0.15, -0.1) is 0 Å². The number of pyridine rings is 1. The highest BCUT2D eigenvalue weighted by Gasteiger charge is 2.05. The van der Waals surface area contributed by atoms with E-state index in [-0.39, 0.29) is 0 Å². The van der Waals surface area contributed by atoms with Crippen molar-refractivity contribution in [2.75, 3.05) is 5.73 Å². The van der Waals surface area contributed by atoms with Crippen LogP contribution in [0.5, 0.6) is 0 Å². The number of anilines is 1. The second kappa shape index (κ2) is 3.74. The highest BCUT2D eigenvalue weighted by atomic mass is 14.7. The summed E-state index contributed by atoms with van der Waals surface area (Å²) in [6, 6.07) is 14.3. The zero-order valence-electron chi connectivity index (χ0n) is 9.77. The summed E-state index contributed by atoms with van der Waals surface area (Å²) >= 11 is 0. The molecule has 0 saturated carbocycles. The molecule has 1 aromatic heterocycles. The third-order valence-corrected chi connectivity index (χ3v) is 3.19. The lowest BCUT2D eigenvalue weighted by atomic mass is 10.0. The summed E-state index contributed by atoms with van der Waals surface area (Å²) in [5.41, 5.74) is 10.3. The van der Waals surface area contributed by atoms with E-state index >= 15 is 0 Å². The molecule has 0 fully saturated rings. The average Bonchev–Trinajstić information content (AvgIpc) is 2.39. The van der Waals surface area contributed by atoms with E-state index in [9.17, 15) is 0 Å². The molecule has 3 aromatic rings. The zero-order valence-corrected chi connectivity index (χ0v) is 9.77. The highest BCUT2D eigenvalue weighted by Crippen LogP contribution is 2.28. The number of fused-ring (bicyclic) bond motifs is 2.